The lowest BCUT2D eigenvalue weighted by atomic mass is 10.0. The molecule has 0 unspecified atom stereocenters. The molecule has 208 valence electrons. The minimum absolute atomic E-state index is 0.0470. The lowest BCUT2D eigenvalue weighted by Crippen LogP contribution is -2.29. The highest BCUT2D eigenvalue weighted by Crippen LogP contribution is 2.43. The Morgan fingerprint density at radius 2 is 1.64 bits per heavy atom. The van der Waals surface area contributed by atoms with E-state index in [9.17, 15) is 20.0 Å². The van der Waals surface area contributed by atoms with E-state index in [2.05, 4.69) is 10.3 Å². The number of nitro groups is 1. The minimum atomic E-state index is -1.04. The lowest BCUT2D eigenvalue weighted by Gasteiger charge is -2.26. The van der Waals surface area contributed by atoms with Crippen molar-refractivity contribution in [2.75, 3.05) is 4.90 Å². The molecule has 1 aliphatic heterocycles. The molecule has 2 N–H and O–H groups in total. The summed E-state index contributed by atoms with van der Waals surface area (Å²) in [6.07, 6.45) is 1.72. The summed E-state index contributed by atoms with van der Waals surface area (Å²) in [5, 5.41) is 24.6. The summed E-state index contributed by atoms with van der Waals surface area (Å²) < 4.78 is 6.34. The van der Waals surface area contributed by atoms with Gasteiger partial charge in [-0.05, 0) is 78.9 Å². The topological polar surface area (TPSA) is 122 Å². The monoisotopic (exact) mass is 594 g/mol. The second kappa shape index (κ2) is 11.5. The Labute approximate surface area is 250 Å². The molecule has 1 saturated heterocycles. The number of benzene rings is 3. The molecule has 5 aromatic rings. The molecule has 1 fully saturated rings. The van der Waals surface area contributed by atoms with Crippen molar-refractivity contribution in [3.63, 3.8) is 0 Å². The van der Waals surface area contributed by atoms with Gasteiger partial charge in [0.05, 0.1) is 22.2 Å². The highest BCUT2D eigenvalue weighted by atomic mass is 32.2. The van der Waals surface area contributed by atoms with Crippen molar-refractivity contribution < 1.29 is 19.2 Å². The summed E-state index contributed by atoms with van der Waals surface area (Å²) in [6, 6.07) is 29.5. The van der Waals surface area contributed by atoms with E-state index in [0.717, 1.165) is 21.2 Å². The second-order valence-electron chi connectivity index (χ2n) is 9.40. The van der Waals surface area contributed by atoms with Gasteiger partial charge in [-0.25, -0.2) is 4.79 Å². The first-order chi connectivity index (χ1) is 20.4. The SMILES string of the molecule is O=C(O)c1ccccc1-c1ccc([C@@H]2[C@H](c3ccccn3)NC(=S)N2c2ccc(Sc3ccc([N+](=O)[O-])cc3)cc2)o1. The molecule has 11 heteroatoms. The van der Waals surface area contributed by atoms with Gasteiger partial charge in [0.25, 0.3) is 5.69 Å². The van der Waals surface area contributed by atoms with Crippen LogP contribution in [0.2, 0.25) is 0 Å². The number of carboxylic acid groups (broad SMARTS) is 1. The number of rotatable bonds is 8. The molecule has 3 heterocycles. The van der Waals surface area contributed by atoms with E-state index >= 15 is 0 Å². The Kier molecular flexibility index (Phi) is 7.43. The summed E-state index contributed by atoms with van der Waals surface area (Å²) in [4.78, 5) is 30.8. The first-order valence-corrected chi connectivity index (χ1v) is 14.1. The normalized spacial score (nSPS) is 16.3. The number of pyridine rings is 1. The third kappa shape index (κ3) is 5.35. The number of anilines is 1. The predicted octanol–water partition coefficient (Wildman–Crippen LogP) is 7.28. The van der Waals surface area contributed by atoms with Crippen LogP contribution >= 0.6 is 24.0 Å². The van der Waals surface area contributed by atoms with Crippen LogP contribution in [-0.4, -0.2) is 26.1 Å². The molecular formula is C31H22N4O5S2. The van der Waals surface area contributed by atoms with Crippen LogP contribution in [0.15, 0.2) is 124 Å². The molecule has 42 heavy (non-hydrogen) atoms. The number of non-ortho nitro benzene ring substituents is 1. The predicted molar refractivity (Wildman–Crippen MR) is 163 cm³/mol. The van der Waals surface area contributed by atoms with E-state index in [-0.39, 0.29) is 17.3 Å². The van der Waals surface area contributed by atoms with Crippen LogP contribution < -0.4 is 10.2 Å². The summed E-state index contributed by atoms with van der Waals surface area (Å²) in [6.45, 7) is 0. The van der Waals surface area contributed by atoms with E-state index in [1.807, 2.05) is 53.4 Å². The number of nitro benzene ring substituents is 1. The van der Waals surface area contributed by atoms with Gasteiger partial charge in [0, 0.05) is 39.4 Å². The van der Waals surface area contributed by atoms with Gasteiger partial charge in [-0.15, -0.1) is 0 Å². The molecule has 9 nitrogen and oxygen atoms in total. The number of carboxylic acids is 1. The molecule has 0 bridgehead atoms. The number of nitrogens with one attached hydrogen (secondary N) is 1. The van der Waals surface area contributed by atoms with Crippen LogP contribution in [0.1, 0.15) is 33.9 Å². The van der Waals surface area contributed by atoms with Gasteiger partial charge < -0.3 is 19.7 Å². The second-order valence-corrected chi connectivity index (χ2v) is 10.9. The van der Waals surface area contributed by atoms with Crippen LogP contribution in [0.5, 0.6) is 0 Å². The van der Waals surface area contributed by atoms with Gasteiger partial charge in [-0.3, -0.25) is 15.1 Å². The minimum Gasteiger partial charge on any atom is -0.478 e. The zero-order chi connectivity index (χ0) is 29.2. The van der Waals surface area contributed by atoms with Crippen LogP contribution in [0.3, 0.4) is 0 Å². The van der Waals surface area contributed by atoms with Crippen molar-refractivity contribution in [3.05, 3.63) is 136 Å². The summed E-state index contributed by atoms with van der Waals surface area (Å²) in [5.41, 5.74) is 2.29. The standard InChI is InChI=1S/C31H22N4O5S2/c36-30(37)24-6-2-1-5-23(24)26-16-17-27(40-26)29-28(25-7-3-4-18-32-25)33-31(41)34(29)19-8-12-21(13-9-19)42-22-14-10-20(11-15-22)35(38)39/h1-18,28-29H,(H,33,41)(H,36,37)/t28-,29+/m0/s1. The van der Waals surface area contributed by atoms with Crippen molar-refractivity contribution in [1.29, 1.82) is 0 Å². The van der Waals surface area contributed by atoms with Gasteiger partial charge in [0.2, 0.25) is 0 Å². The molecule has 1 aliphatic rings. The fourth-order valence-electron chi connectivity index (χ4n) is 4.91. The first kappa shape index (κ1) is 27.2. The Morgan fingerprint density at radius 3 is 2.31 bits per heavy atom. The van der Waals surface area contributed by atoms with Crippen molar-refractivity contribution >= 4 is 46.4 Å². The smallest absolute Gasteiger partial charge is 0.336 e. The Morgan fingerprint density at radius 1 is 0.952 bits per heavy atom. The fraction of sp³-hybridized carbons (Fsp3) is 0.0645. The molecule has 2 atom stereocenters. The van der Waals surface area contributed by atoms with Crippen LogP contribution in [0, 0.1) is 10.1 Å². The molecule has 2 aromatic heterocycles. The van der Waals surface area contributed by atoms with Crippen LogP contribution in [0.4, 0.5) is 11.4 Å². The number of hydrogen-bond donors (Lipinski definition) is 2. The maximum absolute atomic E-state index is 11.8. The summed E-state index contributed by atoms with van der Waals surface area (Å²) >= 11 is 7.30. The van der Waals surface area contributed by atoms with E-state index in [0.29, 0.717) is 22.2 Å². The van der Waals surface area contributed by atoms with E-state index in [1.54, 1.807) is 48.7 Å². The average molecular weight is 595 g/mol. The van der Waals surface area contributed by atoms with Gasteiger partial charge in [-0.2, -0.15) is 0 Å². The number of thiocarbonyl (C=S) groups is 1. The number of hydrogen-bond acceptors (Lipinski definition) is 7. The first-order valence-electron chi connectivity index (χ1n) is 12.8. The highest BCUT2D eigenvalue weighted by Gasteiger charge is 2.42. The zero-order valence-corrected chi connectivity index (χ0v) is 23.4. The molecule has 0 spiro atoms. The van der Waals surface area contributed by atoms with Gasteiger partial charge in [0.15, 0.2) is 5.11 Å². The molecule has 3 aromatic carbocycles. The number of aromatic nitrogens is 1. The van der Waals surface area contributed by atoms with Gasteiger partial charge in [-0.1, -0.05) is 36.0 Å². The maximum Gasteiger partial charge on any atom is 0.336 e. The van der Waals surface area contributed by atoms with Crippen molar-refractivity contribution in [2.24, 2.45) is 0 Å². The molecule has 0 radical (unpaired) electrons. The lowest BCUT2D eigenvalue weighted by molar-refractivity contribution is -0.384. The third-order valence-corrected chi connectivity index (χ3v) is 8.17. The van der Waals surface area contributed by atoms with Crippen molar-refractivity contribution in [1.82, 2.24) is 10.3 Å². The largest absolute Gasteiger partial charge is 0.478 e. The molecule has 6 rings (SSSR count). The fourth-order valence-corrected chi connectivity index (χ4v) is 6.07. The van der Waals surface area contributed by atoms with E-state index < -0.39 is 16.9 Å². The number of carbonyl (C=O) groups is 1. The summed E-state index contributed by atoms with van der Waals surface area (Å²) in [7, 11) is 0. The molecule has 0 saturated carbocycles. The number of aromatic carboxylic acids is 1. The Balaban J connectivity index is 1.34. The Hall–Kier alpha value is -5.00. The van der Waals surface area contributed by atoms with Crippen LogP contribution in [-0.2, 0) is 0 Å². The molecule has 0 aliphatic carbocycles. The van der Waals surface area contributed by atoms with E-state index in [1.165, 1.54) is 23.9 Å². The Bertz CT molecular complexity index is 1780. The average Bonchev–Trinajstić information content (AvgIpc) is 3.63. The van der Waals surface area contributed by atoms with Crippen LogP contribution in [0.25, 0.3) is 11.3 Å². The molecular weight excluding hydrogens is 572 g/mol. The number of furan rings is 1. The van der Waals surface area contributed by atoms with Crippen molar-refractivity contribution in [2.45, 2.75) is 21.9 Å². The quantitative estimate of drug-likeness (QED) is 0.108. The van der Waals surface area contributed by atoms with Crippen molar-refractivity contribution in [3.8, 4) is 11.3 Å². The van der Waals surface area contributed by atoms with E-state index in [4.69, 9.17) is 16.6 Å². The third-order valence-electron chi connectivity index (χ3n) is 6.84. The van der Waals surface area contributed by atoms with Gasteiger partial charge >= 0.3 is 5.97 Å². The maximum atomic E-state index is 11.8. The number of nitrogens with zero attached hydrogens (tertiary/aromatic N) is 3. The zero-order valence-electron chi connectivity index (χ0n) is 21.8. The summed E-state index contributed by atoms with van der Waals surface area (Å²) in [5.74, 6) is -0.000142. The molecule has 0 amide bonds. The highest BCUT2D eigenvalue weighted by molar-refractivity contribution is 7.99. The van der Waals surface area contributed by atoms with Gasteiger partial charge in [0.1, 0.15) is 17.6 Å².